The largest absolute Gasteiger partial charge is 0.338 e. The summed E-state index contributed by atoms with van der Waals surface area (Å²) >= 11 is 0. The quantitative estimate of drug-likeness (QED) is 0.544. The van der Waals surface area contributed by atoms with Crippen LogP contribution in [0.4, 0.5) is 11.4 Å². The van der Waals surface area contributed by atoms with Crippen LogP contribution in [0, 0.1) is 6.92 Å². The Morgan fingerprint density at radius 2 is 1.84 bits per heavy atom. The molecule has 1 saturated carbocycles. The first-order chi connectivity index (χ1) is 12.2. The third kappa shape index (κ3) is 2.00. The Labute approximate surface area is 149 Å². The molecule has 1 aliphatic carbocycles. The van der Waals surface area contributed by atoms with Gasteiger partial charge in [0.15, 0.2) is 6.20 Å². The highest BCUT2D eigenvalue weighted by atomic mass is 15.1. The standard InChI is InChI=1S/C23H25N2/c1-15-11-12-17-9-6-10-19-21(17)20(15)23-22(25(19)3)18(13-14-24(23)2)16-7-4-5-8-16/h6,9-14,16H,4-5,7-8H2,1-3H3/q+1. The van der Waals surface area contributed by atoms with Gasteiger partial charge in [0, 0.05) is 24.2 Å². The summed E-state index contributed by atoms with van der Waals surface area (Å²) in [6, 6.07) is 13.6. The number of pyridine rings is 1. The smallest absolute Gasteiger partial charge is 0.237 e. The summed E-state index contributed by atoms with van der Waals surface area (Å²) < 4.78 is 2.32. The van der Waals surface area contributed by atoms with Crippen molar-refractivity contribution in [1.82, 2.24) is 0 Å². The van der Waals surface area contributed by atoms with Crippen LogP contribution in [0.15, 0.2) is 42.6 Å². The van der Waals surface area contributed by atoms with Crippen molar-refractivity contribution < 1.29 is 4.57 Å². The lowest BCUT2D eigenvalue weighted by Gasteiger charge is -2.31. The van der Waals surface area contributed by atoms with Gasteiger partial charge in [-0.05, 0) is 48.3 Å². The number of rotatable bonds is 1. The predicted molar refractivity (Wildman–Crippen MR) is 105 cm³/mol. The first-order valence-electron chi connectivity index (χ1n) is 9.46. The third-order valence-corrected chi connectivity index (χ3v) is 6.29. The summed E-state index contributed by atoms with van der Waals surface area (Å²) in [4.78, 5) is 2.44. The number of hydrogen-bond acceptors (Lipinski definition) is 1. The number of nitrogens with zero attached hydrogens (tertiary/aromatic N) is 2. The Morgan fingerprint density at radius 1 is 1.04 bits per heavy atom. The highest BCUT2D eigenvalue weighted by molar-refractivity contribution is 6.11. The van der Waals surface area contributed by atoms with Crippen molar-refractivity contribution in [2.75, 3.05) is 11.9 Å². The first kappa shape index (κ1) is 14.9. The van der Waals surface area contributed by atoms with E-state index in [0.29, 0.717) is 5.92 Å². The molecule has 5 rings (SSSR count). The zero-order chi connectivity index (χ0) is 17.1. The SMILES string of the molecule is Cc1ccc2cccc3c2c1-c1c(c(C2CCCC2)cc[n+]1C)N3C. The Kier molecular flexibility index (Phi) is 3.18. The molecule has 1 aromatic heterocycles. The van der Waals surface area contributed by atoms with Crippen LogP contribution in [0.1, 0.15) is 42.7 Å². The third-order valence-electron chi connectivity index (χ3n) is 6.29. The average molecular weight is 329 g/mol. The lowest BCUT2D eigenvalue weighted by molar-refractivity contribution is -0.659. The van der Waals surface area contributed by atoms with Crippen LogP contribution in [-0.2, 0) is 7.05 Å². The van der Waals surface area contributed by atoms with Gasteiger partial charge in [-0.15, -0.1) is 0 Å². The number of anilines is 2. The van der Waals surface area contributed by atoms with E-state index in [2.05, 4.69) is 73.1 Å². The first-order valence-corrected chi connectivity index (χ1v) is 9.46. The fourth-order valence-corrected chi connectivity index (χ4v) is 5.03. The van der Waals surface area contributed by atoms with Crippen LogP contribution >= 0.6 is 0 Å². The Morgan fingerprint density at radius 3 is 2.64 bits per heavy atom. The predicted octanol–water partition coefficient (Wildman–Crippen LogP) is 5.38. The molecule has 0 radical (unpaired) electrons. The van der Waals surface area contributed by atoms with Gasteiger partial charge in [0.2, 0.25) is 5.69 Å². The molecule has 3 aromatic rings. The van der Waals surface area contributed by atoms with Gasteiger partial charge < -0.3 is 4.90 Å². The van der Waals surface area contributed by atoms with E-state index in [1.807, 2.05) is 0 Å². The number of benzene rings is 2. The molecular formula is C23H25N2+. The molecule has 2 heterocycles. The van der Waals surface area contributed by atoms with Crippen molar-refractivity contribution >= 4 is 22.1 Å². The van der Waals surface area contributed by atoms with Crippen molar-refractivity contribution in [3.63, 3.8) is 0 Å². The Bertz CT molecular complexity index is 997. The van der Waals surface area contributed by atoms with E-state index in [9.17, 15) is 0 Å². The molecule has 0 bridgehead atoms. The average Bonchev–Trinajstić information content (AvgIpc) is 3.15. The van der Waals surface area contributed by atoms with E-state index < -0.39 is 0 Å². The van der Waals surface area contributed by atoms with Gasteiger partial charge in [-0.25, -0.2) is 0 Å². The molecule has 2 aliphatic rings. The molecule has 0 amide bonds. The van der Waals surface area contributed by atoms with Gasteiger partial charge >= 0.3 is 0 Å². The van der Waals surface area contributed by atoms with Crippen LogP contribution in [0.25, 0.3) is 22.0 Å². The minimum atomic E-state index is 0.710. The second kappa shape index (κ2) is 5.32. The zero-order valence-corrected chi connectivity index (χ0v) is 15.3. The minimum absolute atomic E-state index is 0.710. The summed E-state index contributed by atoms with van der Waals surface area (Å²) in [7, 11) is 4.44. The summed E-state index contributed by atoms with van der Waals surface area (Å²) in [5.41, 5.74) is 8.48. The maximum Gasteiger partial charge on any atom is 0.237 e. The van der Waals surface area contributed by atoms with Crippen LogP contribution in [0.2, 0.25) is 0 Å². The molecule has 126 valence electrons. The van der Waals surface area contributed by atoms with Gasteiger partial charge in [0.05, 0.1) is 5.56 Å². The van der Waals surface area contributed by atoms with E-state index in [1.54, 1.807) is 5.56 Å². The van der Waals surface area contributed by atoms with Gasteiger partial charge in [-0.1, -0.05) is 37.1 Å². The molecule has 1 aliphatic heterocycles. The zero-order valence-electron chi connectivity index (χ0n) is 15.3. The van der Waals surface area contributed by atoms with Gasteiger partial charge in [-0.3, -0.25) is 0 Å². The molecule has 0 unspecified atom stereocenters. The summed E-state index contributed by atoms with van der Waals surface area (Å²) in [6.07, 6.45) is 7.68. The van der Waals surface area contributed by atoms with Crippen molar-refractivity contribution in [3.8, 4) is 11.3 Å². The van der Waals surface area contributed by atoms with Crippen LogP contribution in [-0.4, -0.2) is 7.05 Å². The fraction of sp³-hybridized carbons (Fsp3) is 0.348. The summed E-state index contributed by atoms with van der Waals surface area (Å²) in [6.45, 7) is 2.25. The molecule has 25 heavy (non-hydrogen) atoms. The lowest BCUT2D eigenvalue weighted by atomic mass is 9.87. The van der Waals surface area contributed by atoms with Crippen LogP contribution < -0.4 is 9.47 Å². The number of aryl methyl sites for hydroxylation is 2. The van der Waals surface area contributed by atoms with Crippen LogP contribution in [0.3, 0.4) is 0 Å². The Balaban J connectivity index is 1.92. The lowest BCUT2D eigenvalue weighted by Crippen LogP contribution is -2.35. The maximum absolute atomic E-state index is 2.44. The number of aromatic nitrogens is 1. The minimum Gasteiger partial charge on any atom is -0.338 e. The molecule has 0 saturated heterocycles. The Hall–Kier alpha value is -2.35. The van der Waals surface area contributed by atoms with Crippen LogP contribution in [0.5, 0.6) is 0 Å². The molecule has 1 fully saturated rings. The van der Waals surface area contributed by atoms with E-state index in [1.165, 1.54) is 64.7 Å². The second-order valence-electron chi connectivity index (χ2n) is 7.75. The van der Waals surface area contributed by atoms with Gasteiger partial charge in [0.25, 0.3) is 0 Å². The fourth-order valence-electron chi connectivity index (χ4n) is 5.03. The molecular weight excluding hydrogens is 304 g/mol. The molecule has 2 heteroatoms. The monoisotopic (exact) mass is 329 g/mol. The van der Waals surface area contributed by atoms with E-state index in [-0.39, 0.29) is 0 Å². The molecule has 0 N–H and O–H groups in total. The van der Waals surface area contributed by atoms with Crippen molar-refractivity contribution in [2.45, 2.75) is 38.5 Å². The van der Waals surface area contributed by atoms with E-state index in [0.717, 1.165) is 0 Å². The van der Waals surface area contributed by atoms with Gasteiger partial charge in [0.1, 0.15) is 12.7 Å². The van der Waals surface area contributed by atoms with E-state index >= 15 is 0 Å². The number of hydrogen-bond donors (Lipinski definition) is 0. The molecule has 0 spiro atoms. The molecule has 2 aromatic carbocycles. The van der Waals surface area contributed by atoms with Crippen molar-refractivity contribution in [1.29, 1.82) is 0 Å². The normalized spacial score (nSPS) is 16.5. The van der Waals surface area contributed by atoms with E-state index in [4.69, 9.17) is 0 Å². The highest BCUT2D eigenvalue weighted by Gasteiger charge is 2.34. The maximum atomic E-state index is 2.44. The number of fused-ring (bicyclic) bond motifs is 2. The summed E-state index contributed by atoms with van der Waals surface area (Å²) in [5.74, 6) is 0.710. The highest BCUT2D eigenvalue weighted by Crippen LogP contribution is 2.50. The summed E-state index contributed by atoms with van der Waals surface area (Å²) in [5, 5.41) is 2.73. The van der Waals surface area contributed by atoms with Gasteiger partial charge in [-0.2, -0.15) is 4.57 Å². The van der Waals surface area contributed by atoms with Crippen molar-refractivity contribution in [2.24, 2.45) is 7.05 Å². The second-order valence-corrected chi connectivity index (χ2v) is 7.75. The van der Waals surface area contributed by atoms with Crippen molar-refractivity contribution in [3.05, 3.63) is 53.7 Å². The molecule has 0 atom stereocenters. The topological polar surface area (TPSA) is 7.12 Å². The molecule has 2 nitrogen and oxygen atoms in total.